The van der Waals surface area contributed by atoms with Crippen LogP contribution >= 0.6 is 11.3 Å². The number of amides is 1. The molecule has 0 bridgehead atoms. The van der Waals surface area contributed by atoms with Crippen molar-refractivity contribution in [2.45, 2.75) is 38.3 Å². The fraction of sp³-hybridized carbons (Fsp3) is 0.556. The predicted molar refractivity (Wildman–Crippen MR) is 94.8 cm³/mol. The number of carbonyl (C=O) groups excluding carboxylic acids is 1. The first kappa shape index (κ1) is 15.8. The highest BCUT2D eigenvalue weighted by atomic mass is 32.1. The van der Waals surface area contributed by atoms with E-state index in [0.717, 1.165) is 32.6 Å². The largest absolute Gasteiger partial charge is 0.338 e. The molecule has 1 amide bonds. The number of aryl methyl sites for hydroxylation is 1. The minimum Gasteiger partial charge on any atom is -0.338 e. The van der Waals surface area contributed by atoms with Crippen molar-refractivity contribution >= 4 is 17.2 Å². The van der Waals surface area contributed by atoms with Gasteiger partial charge < -0.3 is 4.90 Å². The third kappa shape index (κ3) is 3.13. The van der Waals surface area contributed by atoms with E-state index in [2.05, 4.69) is 27.6 Å². The Morgan fingerprint density at radius 1 is 1.42 bits per heavy atom. The Hall–Kier alpha value is -1.66. The molecule has 2 aliphatic heterocycles. The van der Waals surface area contributed by atoms with Gasteiger partial charge in [0.2, 0.25) is 5.91 Å². The van der Waals surface area contributed by atoms with Gasteiger partial charge in [-0.15, -0.1) is 11.3 Å². The van der Waals surface area contributed by atoms with E-state index < -0.39 is 0 Å². The predicted octanol–water partition coefficient (Wildman–Crippen LogP) is 2.59. The Kier molecular flexibility index (Phi) is 4.41. The summed E-state index contributed by atoms with van der Waals surface area (Å²) >= 11 is 1.82. The highest BCUT2D eigenvalue weighted by Gasteiger charge is 2.28. The molecule has 128 valence electrons. The second kappa shape index (κ2) is 6.69. The molecule has 0 aromatic carbocycles. The molecule has 1 saturated heterocycles. The van der Waals surface area contributed by atoms with Crippen molar-refractivity contribution in [1.82, 2.24) is 19.6 Å². The van der Waals surface area contributed by atoms with Gasteiger partial charge in [-0.1, -0.05) is 0 Å². The quantitative estimate of drug-likeness (QED) is 0.856. The van der Waals surface area contributed by atoms with Gasteiger partial charge in [0.25, 0.3) is 0 Å². The average molecular weight is 344 g/mol. The van der Waals surface area contributed by atoms with Crippen molar-refractivity contribution in [3.63, 3.8) is 0 Å². The highest BCUT2D eigenvalue weighted by Crippen LogP contribution is 2.31. The number of aromatic nitrogens is 2. The molecule has 0 saturated carbocycles. The number of fused-ring (bicyclic) bond motifs is 1. The lowest BCUT2D eigenvalue weighted by atomic mass is 10.1. The Morgan fingerprint density at radius 2 is 2.33 bits per heavy atom. The van der Waals surface area contributed by atoms with E-state index in [9.17, 15) is 4.79 Å². The molecule has 5 nitrogen and oxygen atoms in total. The maximum atomic E-state index is 12.6. The molecule has 0 radical (unpaired) electrons. The van der Waals surface area contributed by atoms with Crippen LogP contribution in [0, 0.1) is 0 Å². The third-order valence-electron chi connectivity index (χ3n) is 5.25. The van der Waals surface area contributed by atoms with E-state index in [1.807, 2.05) is 34.2 Å². The van der Waals surface area contributed by atoms with Crippen LogP contribution in [0.25, 0.3) is 0 Å². The Bertz CT molecular complexity index is 722. The molecular weight excluding hydrogens is 320 g/mol. The van der Waals surface area contributed by atoms with E-state index in [4.69, 9.17) is 0 Å². The van der Waals surface area contributed by atoms with Gasteiger partial charge in [-0.25, -0.2) is 0 Å². The number of rotatable bonds is 4. The van der Waals surface area contributed by atoms with Gasteiger partial charge in [0, 0.05) is 55.8 Å². The molecule has 2 aliphatic rings. The number of hydrogen-bond donors (Lipinski definition) is 0. The topological polar surface area (TPSA) is 41.4 Å². The first-order chi connectivity index (χ1) is 11.7. The fourth-order valence-corrected chi connectivity index (χ4v) is 4.83. The molecule has 0 spiro atoms. The van der Waals surface area contributed by atoms with E-state index in [-0.39, 0.29) is 0 Å². The van der Waals surface area contributed by atoms with Crippen LogP contribution in [0.4, 0.5) is 0 Å². The lowest BCUT2D eigenvalue weighted by Gasteiger charge is -2.29. The summed E-state index contributed by atoms with van der Waals surface area (Å²) in [5.41, 5.74) is 2.62. The van der Waals surface area contributed by atoms with Crippen LogP contribution in [0.2, 0.25) is 0 Å². The second-order valence-corrected chi connectivity index (χ2v) is 7.83. The zero-order valence-electron chi connectivity index (χ0n) is 14.1. The number of thiophene rings is 1. The molecular formula is C18H24N4OS. The Morgan fingerprint density at radius 3 is 3.17 bits per heavy atom. The lowest BCUT2D eigenvalue weighted by molar-refractivity contribution is -0.132. The Labute approximate surface area is 146 Å². The molecule has 2 aromatic rings. The van der Waals surface area contributed by atoms with Crippen molar-refractivity contribution in [2.75, 3.05) is 19.6 Å². The van der Waals surface area contributed by atoms with Gasteiger partial charge in [0.1, 0.15) is 0 Å². The summed E-state index contributed by atoms with van der Waals surface area (Å²) in [7, 11) is 1.96. The first-order valence-electron chi connectivity index (χ1n) is 8.76. The van der Waals surface area contributed by atoms with Crippen LogP contribution < -0.4 is 0 Å². The smallest absolute Gasteiger partial charge is 0.224 e. The van der Waals surface area contributed by atoms with Crippen molar-refractivity contribution in [3.05, 3.63) is 39.8 Å². The third-order valence-corrected chi connectivity index (χ3v) is 6.27. The van der Waals surface area contributed by atoms with Crippen molar-refractivity contribution < 1.29 is 4.79 Å². The zero-order chi connectivity index (χ0) is 16.5. The average Bonchev–Trinajstić information content (AvgIpc) is 3.31. The summed E-state index contributed by atoms with van der Waals surface area (Å²) in [6.07, 6.45) is 8.08. The van der Waals surface area contributed by atoms with Gasteiger partial charge in [-0.05, 0) is 42.8 Å². The monoisotopic (exact) mass is 344 g/mol. The van der Waals surface area contributed by atoms with Gasteiger partial charge in [0.05, 0.1) is 6.20 Å². The van der Waals surface area contributed by atoms with Crippen molar-refractivity contribution in [3.8, 4) is 0 Å². The molecule has 0 N–H and O–H groups in total. The number of likely N-dealkylation sites (tertiary alicyclic amines) is 1. The summed E-state index contributed by atoms with van der Waals surface area (Å²) in [5, 5.41) is 6.44. The standard InChI is InChI=1S/C18H24N4OS/c1-20-12-15(11-19-20)16-3-2-7-21(16)9-5-18(23)22-8-4-17-14(13-22)6-10-24-17/h6,10-12,16H,2-5,7-9,13H2,1H3/t16-/m0/s1. The summed E-state index contributed by atoms with van der Waals surface area (Å²) in [5.74, 6) is 0.295. The SMILES string of the molecule is Cn1cc([C@@H]2CCCN2CCC(=O)N2CCc3sccc3C2)cn1. The Balaban J connectivity index is 1.34. The first-order valence-corrected chi connectivity index (χ1v) is 9.64. The number of carbonyl (C=O) groups is 1. The van der Waals surface area contributed by atoms with Gasteiger partial charge in [-0.3, -0.25) is 14.4 Å². The van der Waals surface area contributed by atoms with Crippen molar-refractivity contribution in [1.29, 1.82) is 0 Å². The van der Waals surface area contributed by atoms with E-state index in [0.29, 0.717) is 18.4 Å². The fourth-order valence-electron chi connectivity index (χ4n) is 3.94. The molecule has 6 heteroatoms. The van der Waals surface area contributed by atoms with E-state index in [1.165, 1.54) is 28.8 Å². The molecule has 0 aliphatic carbocycles. The van der Waals surface area contributed by atoms with Crippen molar-refractivity contribution in [2.24, 2.45) is 7.05 Å². The molecule has 0 unspecified atom stereocenters. The van der Waals surface area contributed by atoms with Gasteiger partial charge in [0.15, 0.2) is 0 Å². The zero-order valence-corrected chi connectivity index (χ0v) is 15.0. The van der Waals surface area contributed by atoms with E-state index in [1.54, 1.807) is 0 Å². The second-order valence-electron chi connectivity index (χ2n) is 6.83. The minimum absolute atomic E-state index is 0.295. The summed E-state index contributed by atoms with van der Waals surface area (Å²) < 4.78 is 1.86. The molecule has 4 rings (SSSR count). The van der Waals surface area contributed by atoms with Crippen LogP contribution in [0.15, 0.2) is 23.8 Å². The molecule has 4 heterocycles. The molecule has 1 fully saturated rings. The maximum absolute atomic E-state index is 12.6. The minimum atomic E-state index is 0.295. The van der Waals surface area contributed by atoms with Crippen LogP contribution in [-0.4, -0.2) is 45.1 Å². The van der Waals surface area contributed by atoms with Crippen LogP contribution in [0.5, 0.6) is 0 Å². The highest BCUT2D eigenvalue weighted by molar-refractivity contribution is 7.10. The van der Waals surface area contributed by atoms with Crippen LogP contribution in [0.3, 0.4) is 0 Å². The van der Waals surface area contributed by atoms with Crippen LogP contribution in [0.1, 0.15) is 41.3 Å². The van der Waals surface area contributed by atoms with E-state index >= 15 is 0 Å². The summed E-state index contributed by atoms with van der Waals surface area (Å²) in [6.45, 7) is 3.61. The normalized spacial score (nSPS) is 21.2. The van der Waals surface area contributed by atoms with Gasteiger partial charge in [-0.2, -0.15) is 5.10 Å². The molecule has 1 atom stereocenters. The lowest BCUT2D eigenvalue weighted by Crippen LogP contribution is -2.37. The summed E-state index contributed by atoms with van der Waals surface area (Å²) in [6, 6.07) is 2.59. The summed E-state index contributed by atoms with van der Waals surface area (Å²) in [4.78, 5) is 18.6. The maximum Gasteiger partial charge on any atom is 0.224 e. The number of hydrogen-bond acceptors (Lipinski definition) is 4. The molecule has 24 heavy (non-hydrogen) atoms. The molecule has 2 aromatic heterocycles. The van der Waals surface area contributed by atoms with Crippen LogP contribution in [-0.2, 0) is 24.8 Å². The van der Waals surface area contributed by atoms with Gasteiger partial charge >= 0.3 is 0 Å². The number of nitrogens with zero attached hydrogens (tertiary/aromatic N) is 4.